The van der Waals surface area contributed by atoms with Gasteiger partial charge in [-0.05, 0) is 38.0 Å². The largest absolute Gasteiger partial charge is 0.454 e. The average Bonchev–Trinajstić information content (AvgIpc) is 3.52. The van der Waals surface area contributed by atoms with E-state index in [4.69, 9.17) is 9.47 Å². The molecule has 2 amide bonds. The number of benzene rings is 1. The molecular weight excluding hydrogens is 464 g/mol. The number of hydrogen-bond acceptors (Lipinski definition) is 7. The van der Waals surface area contributed by atoms with Crippen molar-refractivity contribution in [1.29, 1.82) is 0 Å². The van der Waals surface area contributed by atoms with Crippen molar-refractivity contribution >= 4 is 28.3 Å². The summed E-state index contributed by atoms with van der Waals surface area (Å²) in [6, 6.07) is 5.69. The second kappa shape index (κ2) is 14.0. The van der Waals surface area contributed by atoms with Gasteiger partial charge in [0.2, 0.25) is 23.7 Å². The van der Waals surface area contributed by atoms with Crippen LogP contribution >= 0.6 is 11.3 Å². The van der Waals surface area contributed by atoms with Crippen LogP contribution in [0.15, 0.2) is 18.2 Å². The maximum Gasteiger partial charge on any atom is 0.231 e. The molecule has 1 aromatic heterocycles. The molecule has 35 heavy (non-hydrogen) atoms. The Morgan fingerprint density at radius 1 is 1.03 bits per heavy atom. The Morgan fingerprint density at radius 3 is 2.54 bits per heavy atom. The molecule has 1 aliphatic rings. The third kappa shape index (κ3) is 8.19. The van der Waals surface area contributed by atoms with Crippen molar-refractivity contribution in [2.24, 2.45) is 0 Å². The highest BCUT2D eigenvalue weighted by Crippen LogP contribution is 2.37. The van der Waals surface area contributed by atoms with Gasteiger partial charge >= 0.3 is 0 Å². The molecule has 1 aliphatic heterocycles. The second-order valence-electron chi connectivity index (χ2n) is 8.99. The van der Waals surface area contributed by atoms with Crippen LogP contribution in [-0.2, 0) is 9.59 Å². The van der Waals surface area contributed by atoms with E-state index < -0.39 is 0 Å². The lowest BCUT2D eigenvalue weighted by molar-refractivity contribution is -0.133. The first-order chi connectivity index (χ1) is 17.0. The molecule has 0 bridgehead atoms. The first-order valence-corrected chi connectivity index (χ1v) is 13.7. The molecule has 8 nitrogen and oxygen atoms in total. The highest BCUT2D eigenvalue weighted by Gasteiger charge is 2.20. The molecule has 1 aromatic carbocycles. The van der Waals surface area contributed by atoms with E-state index in [0.29, 0.717) is 34.6 Å². The molecule has 1 unspecified atom stereocenters. The van der Waals surface area contributed by atoms with E-state index in [1.54, 1.807) is 0 Å². The fraction of sp³-hybridized carbons (Fsp3) is 0.615. The van der Waals surface area contributed by atoms with Gasteiger partial charge in [0.15, 0.2) is 11.5 Å². The molecule has 9 heteroatoms. The zero-order chi connectivity index (χ0) is 25.0. The minimum absolute atomic E-state index is 0.110. The zero-order valence-electron chi connectivity index (χ0n) is 21.2. The van der Waals surface area contributed by atoms with Crippen LogP contribution < -0.4 is 14.8 Å². The molecule has 2 aromatic rings. The molecule has 2 heterocycles. The van der Waals surface area contributed by atoms with Crippen LogP contribution in [0.25, 0.3) is 10.6 Å². The van der Waals surface area contributed by atoms with Crippen LogP contribution in [0.5, 0.6) is 11.5 Å². The van der Waals surface area contributed by atoms with Crippen LogP contribution in [-0.4, -0.2) is 46.3 Å². The Labute approximate surface area is 212 Å². The Hall–Kier alpha value is -2.68. The van der Waals surface area contributed by atoms with Gasteiger partial charge in [-0.25, -0.2) is 0 Å². The van der Waals surface area contributed by atoms with Gasteiger partial charge in [-0.15, -0.1) is 10.2 Å². The molecule has 1 atom stereocenters. The van der Waals surface area contributed by atoms with Gasteiger partial charge < -0.3 is 19.7 Å². The van der Waals surface area contributed by atoms with Crippen LogP contribution in [0.4, 0.5) is 5.13 Å². The lowest BCUT2D eigenvalue weighted by atomic mass is 10.1. The summed E-state index contributed by atoms with van der Waals surface area (Å²) in [4.78, 5) is 27.3. The number of amides is 2. The molecule has 0 saturated carbocycles. The first-order valence-electron chi connectivity index (χ1n) is 12.8. The zero-order valence-corrected chi connectivity index (χ0v) is 22.0. The van der Waals surface area contributed by atoms with E-state index in [0.717, 1.165) is 24.8 Å². The lowest BCUT2D eigenvalue weighted by Crippen LogP contribution is -2.40. The van der Waals surface area contributed by atoms with Crippen molar-refractivity contribution < 1.29 is 19.1 Å². The molecule has 0 radical (unpaired) electrons. The summed E-state index contributed by atoms with van der Waals surface area (Å²) in [5.41, 5.74) is 0.853. The van der Waals surface area contributed by atoms with Crippen molar-refractivity contribution in [2.75, 3.05) is 18.7 Å². The van der Waals surface area contributed by atoms with Crippen molar-refractivity contribution in [1.82, 2.24) is 15.1 Å². The average molecular weight is 503 g/mol. The van der Waals surface area contributed by atoms with Crippen LogP contribution in [0.2, 0.25) is 0 Å². The second-order valence-corrected chi connectivity index (χ2v) is 9.97. The van der Waals surface area contributed by atoms with Crippen LogP contribution in [0.3, 0.4) is 0 Å². The maximum atomic E-state index is 12.8. The fourth-order valence-corrected chi connectivity index (χ4v) is 4.77. The smallest absolute Gasteiger partial charge is 0.231 e. The van der Waals surface area contributed by atoms with Gasteiger partial charge in [-0.3, -0.25) is 9.59 Å². The summed E-state index contributed by atoms with van der Waals surface area (Å²) < 4.78 is 10.8. The summed E-state index contributed by atoms with van der Waals surface area (Å²) in [7, 11) is 0. The molecule has 0 aliphatic carbocycles. The van der Waals surface area contributed by atoms with Crippen LogP contribution in [0.1, 0.15) is 85.0 Å². The van der Waals surface area contributed by atoms with E-state index in [9.17, 15) is 9.59 Å². The number of carbonyl (C=O) groups is 2. The van der Waals surface area contributed by atoms with Gasteiger partial charge in [-0.1, -0.05) is 63.7 Å². The van der Waals surface area contributed by atoms with Crippen molar-refractivity contribution in [3.05, 3.63) is 18.2 Å². The highest BCUT2D eigenvalue weighted by atomic mass is 32.1. The summed E-state index contributed by atoms with van der Waals surface area (Å²) in [5.74, 6) is 1.35. The summed E-state index contributed by atoms with van der Waals surface area (Å²) in [5, 5.41) is 12.2. The Morgan fingerprint density at radius 2 is 1.77 bits per heavy atom. The maximum absolute atomic E-state index is 12.8. The van der Waals surface area contributed by atoms with Gasteiger partial charge in [0.1, 0.15) is 5.01 Å². The van der Waals surface area contributed by atoms with E-state index in [-0.39, 0.29) is 31.1 Å². The minimum Gasteiger partial charge on any atom is -0.454 e. The van der Waals surface area contributed by atoms with Crippen molar-refractivity contribution in [3.63, 3.8) is 0 Å². The number of unbranched alkanes of at least 4 members (excludes halogenated alkanes) is 6. The first kappa shape index (κ1) is 26.9. The van der Waals surface area contributed by atoms with Gasteiger partial charge in [-0.2, -0.15) is 0 Å². The Balaban J connectivity index is 1.45. The van der Waals surface area contributed by atoms with Gasteiger partial charge in [0, 0.05) is 31.0 Å². The fourth-order valence-electron chi connectivity index (χ4n) is 4.01. The van der Waals surface area contributed by atoms with Crippen molar-refractivity contribution in [3.8, 4) is 22.1 Å². The third-order valence-corrected chi connectivity index (χ3v) is 7.20. The number of rotatable bonds is 15. The SMILES string of the molecule is CCCCCCCCCC(=O)N(CCC(=O)Nc1nnc(-c2ccc3c(c2)OCO3)s1)C(C)CC. The topological polar surface area (TPSA) is 93.7 Å². The highest BCUT2D eigenvalue weighted by molar-refractivity contribution is 7.18. The van der Waals surface area contributed by atoms with Gasteiger partial charge in [0.25, 0.3) is 0 Å². The standard InChI is InChI=1S/C26H38N4O4S/c1-4-6-7-8-9-10-11-12-24(32)30(19(3)5-2)16-15-23(31)27-26-29-28-25(35-26)20-13-14-21-22(17-20)34-18-33-21/h13-14,17,19H,4-12,15-16,18H2,1-3H3,(H,27,29,31). The number of nitrogens with one attached hydrogen (secondary N) is 1. The van der Waals surface area contributed by atoms with Gasteiger partial charge in [0.05, 0.1) is 0 Å². The van der Waals surface area contributed by atoms with E-state index in [1.165, 1.54) is 43.4 Å². The number of nitrogens with zero attached hydrogens (tertiary/aromatic N) is 3. The number of hydrogen-bond donors (Lipinski definition) is 1. The predicted octanol–water partition coefficient (Wildman–Crippen LogP) is 6.03. The Bertz CT molecular complexity index is 965. The van der Waals surface area contributed by atoms with E-state index in [2.05, 4.69) is 29.4 Å². The van der Waals surface area contributed by atoms with Crippen LogP contribution in [0, 0.1) is 0 Å². The third-order valence-electron chi connectivity index (χ3n) is 6.31. The predicted molar refractivity (Wildman–Crippen MR) is 139 cm³/mol. The molecule has 0 saturated heterocycles. The monoisotopic (exact) mass is 502 g/mol. The molecular formula is C26H38N4O4S. The molecule has 1 N–H and O–H groups in total. The number of carbonyl (C=O) groups excluding carboxylic acids is 2. The Kier molecular flexibility index (Phi) is 10.8. The summed E-state index contributed by atoms with van der Waals surface area (Å²) in [6.07, 6.45) is 9.90. The normalized spacial score (nSPS) is 13.0. The number of fused-ring (bicyclic) bond motifs is 1. The number of anilines is 1. The number of aromatic nitrogens is 2. The summed E-state index contributed by atoms with van der Waals surface area (Å²) in [6.45, 7) is 6.95. The van der Waals surface area contributed by atoms with Crippen molar-refractivity contribution in [2.45, 2.75) is 91.0 Å². The van der Waals surface area contributed by atoms with E-state index >= 15 is 0 Å². The molecule has 0 spiro atoms. The molecule has 192 valence electrons. The van der Waals surface area contributed by atoms with E-state index in [1.807, 2.05) is 30.0 Å². The summed E-state index contributed by atoms with van der Waals surface area (Å²) >= 11 is 1.30. The molecule has 3 rings (SSSR count). The quantitative estimate of drug-likeness (QED) is 0.299. The number of ether oxygens (including phenoxy) is 2. The lowest BCUT2D eigenvalue weighted by Gasteiger charge is -2.28. The molecule has 0 fully saturated rings. The minimum atomic E-state index is -0.171.